The molecule has 2 bridgehead atoms. The number of imidazole rings is 1. The van der Waals surface area contributed by atoms with E-state index in [2.05, 4.69) is 53.8 Å². The molecule has 4 aromatic heterocycles. The minimum atomic E-state index is 0.371. The fraction of sp³-hybridized carbons (Fsp3) is 0.478. The SMILES string of the molecule is Cc1cc(Nc2nc(N[C@@H]3C[C@H]4CCC[C@@H](C3)N4Cc3nccn3C)nc3sccc23)n[nH]1. The summed E-state index contributed by atoms with van der Waals surface area (Å²) in [6.45, 7) is 2.92. The number of aryl methyl sites for hydroxylation is 2. The van der Waals surface area contributed by atoms with Gasteiger partial charge in [0.15, 0.2) is 5.82 Å². The van der Waals surface area contributed by atoms with Crippen LogP contribution in [0, 0.1) is 6.92 Å². The molecule has 0 spiro atoms. The first-order chi connectivity index (χ1) is 16.1. The van der Waals surface area contributed by atoms with Crippen molar-refractivity contribution in [2.24, 2.45) is 7.05 Å². The van der Waals surface area contributed by atoms with Gasteiger partial charge in [0.2, 0.25) is 5.95 Å². The number of rotatable bonds is 6. The summed E-state index contributed by atoms with van der Waals surface area (Å²) in [6, 6.07) is 5.55. The molecule has 2 fully saturated rings. The fourth-order valence-corrected chi connectivity index (χ4v) is 6.13. The standard InChI is InChI=1S/C23H29N9S/c1-14-10-19(30-29-14)26-21-18-6-9-33-22(18)28-23(27-21)25-15-11-16-4-3-5-17(12-15)32(16)13-20-24-7-8-31(20)2/h6-10,15-17H,3-5,11-13H2,1-2H3,(H3,25,26,27,28,29,30)/t15-,16-,17+. The van der Waals surface area contributed by atoms with Crippen LogP contribution in [0.3, 0.4) is 0 Å². The van der Waals surface area contributed by atoms with E-state index in [1.54, 1.807) is 11.3 Å². The largest absolute Gasteiger partial charge is 0.351 e. The Balaban J connectivity index is 1.21. The van der Waals surface area contributed by atoms with Gasteiger partial charge < -0.3 is 15.2 Å². The van der Waals surface area contributed by atoms with Gasteiger partial charge in [-0.3, -0.25) is 10.00 Å². The normalized spacial score (nSPS) is 23.2. The molecule has 0 radical (unpaired) electrons. The van der Waals surface area contributed by atoms with Crippen molar-refractivity contribution in [2.75, 3.05) is 10.6 Å². The number of aromatic nitrogens is 6. The van der Waals surface area contributed by atoms with Crippen molar-refractivity contribution in [3.8, 4) is 0 Å². The Morgan fingerprint density at radius 1 is 1.21 bits per heavy atom. The molecule has 0 aliphatic carbocycles. The van der Waals surface area contributed by atoms with Gasteiger partial charge in [0, 0.05) is 49.3 Å². The first kappa shape index (κ1) is 20.6. The van der Waals surface area contributed by atoms with Crippen LogP contribution in [0.5, 0.6) is 0 Å². The van der Waals surface area contributed by atoms with Crippen molar-refractivity contribution in [3.63, 3.8) is 0 Å². The summed E-state index contributed by atoms with van der Waals surface area (Å²) < 4.78 is 2.14. The molecule has 0 amide bonds. The van der Waals surface area contributed by atoms with E-state index < -0.39 is 0 Å². The molecule has 6 heterocycles. The quantitative estimate of drug-likeness (QED) is 0.394. The number of nitrogens with one attached hydrogen (secondary N) is 3. The summed E-state index contributed by atoms with van der Waals surface area (Å²) in [4.78, 5) is 17.9. The molecule has 3 N–H and O–H groups in total. The lowest BCUT2D eigenvalue weighted by Gasteiger charge is -2.48. The van der Waals surface area contributed by atoms with E-state index in [1.165, 1.54) is 19.3 Å². The Kier molecular flexibility index (Phi) is 5.26. The number of hydrogen-bond acceptors (Lipinski definition) is 8. The summed E-state index contributed by atoms with van der Waals surface area (Å²) in [5.74, 6) is 3.40. The maximum absolute atomic E-state index is 4.85. The van der Waals surface area contributed by atoms with Gasteiger partial charge in [-0.1, -0.05) is 6.42 Å². The zero-order valence-corrected chi connectivity index (χ0v) is 19.8. The first-order valence-corrected chi connectivity index (χ1v) is 12.5. The van der Waals surface area contributed by atoms with Crippen molar-refractivity contribution in [1.82, 2.24) is 34.6 Å². The number of aromatic amines is 1. The molecule has 2 aliphatic rings. The Labute approximate surface area is 196 Å². The molecule has 0 unspecified atom stereocenters. The monoisotopic (exact) mass is 463 g/mol. The van der Waals surface area contributed by atoms with Gasteiger partial charge in [-0.05, 0) is 44.1 Å². The third kappa shape index (κ3) is 4.08. The zero-order chi connectivity index (χ0) is 22.4. The van der Waals surface area contributed by atoms with Crippen LogP contribution in [0.15, 0.2) is 29.9 Å². The molecule has 2 aliphatic heterocycles. The number of H-pyrrole nitrogens is 1. The second-order valence-corrected chi connectivity index (χ2v) is 10.2. The van der Waals surface area contributed by atoms with Crippen molar-refractivity contribution in [2.45, 2.75) is 63.7 Å². The van der Waals surface area contributed by atoms with Crippen molar-refractivity contribution in [3.05, 3.63) is 41.4 Å². The number of anilines is 3. The molecule has 0 aromatic carbocycles. The van der Waals surface area contributed by atoms with Gasteiger partial charge in [0.05, 0.1) is 11.9 Å². The van der Waals surface area contributed by atoms with Crippen LogP contribution in [0.25, 0.3) is 10.2 Å². The predicted molar refractivity (Wildman–Crippen MR) is 131 cm³/mol. The third-order valence-electron chi connectivity index (χ3n) is 6.98. The van der Waals surface area contributed by atoms with E-state index in [4.69, 9.17) is 9.97 Å². The van der Waals surface area contributed by atoms with E-state index in [0.717, 1.165) is 52.8 Å². The van der Waals surface area contributed by atoms with E-state index in [1.807, 2.05) is 25.4 Å². The molecule has 172 valence electrons. The number of piperidine rings is 2. The average Bonchev–Trinajstić information content (AvgIpc) is 3.51. The van der Waals surface area contributed by atoms with Gasteiger partial charge in [0.1, 0.15) is 16.5 Å². The number of thiophene rings is 1. The van der Waals surface area contributed by atoms with Crippen LogP contribution >= 0.6 is 11.3 Å². The maximum Gasteiger partial charge on any atom is 0.226 e. The lowest BCUT2D eigenvalue weighted by Crippen LogP contribution is -2.54. The van der Waals surface area contributed by atoms with Crippen molar-refractivity contribution >= 4 is 39.1 Å². The van der Waals surface area contributed by atoms with Gasteiger partial charge in [0.25, 0.3) is 0 Å². The second-order valence-electron chi connectivity index (χ2n) is 9.27. The number of hydrogen-bond donors (Lipinski definition) is 3. The lowest BCUT2D eigenvalue weighted by atomic mass is 9.81. The number of nitrogens with zero attached hydrogens (tertiary/aromatic N) is 6. The van der Waals surface area contributed by atoms with Crippen LogP contribution in [-0.2, 0) is 13.6 Å². The fourth-order valence-electron chi connectivity index (χ4n) is 5.37. The first-order valence-electron chi connectivity index (χ1n) is 11.6. The number of fused-ring (bicyclic) bond motifs is 3. The highest BCUT2D eigenvalue weighted by Crippen LogP contribution is 2.36. The van der Waals surface area contributed by atoms with Gasteiger partial charge in [-0.25, -0.2) is 9.97 Å². The van der Waals surface area contributed by atoms with Crippen LogP contribution < -0.4 is 10.6 Å². The molecule has 10 heteroatoms. The third-order valence-corrected chi connectivity index (χ3v) is 7.79. The molecule has 33 heavy (non-hydrogen) atoms. The van der Waals surface area contributed by atoms with Crippen LogP contribution in [0.1, 0.15) is 43.6 Å². The van der Waals surface area contributed by atoms with E-state index >= 15 is 0 Å². The van der Waals surface area contributed by atoms with Crippen LogP contribution in [-0.4, -0.2) is 52.7 Å². The summed E-state index contributed by atoms with van der Waals surface area (Å²) in [6.07, 6.45) is 9.95. The van der Waals surface area contributed by atoms with E-state index in [9.17, 15) is 0 Å². The average molecular weight is 464 g/mol. The molecule has 6 rings (SSSR count). The molecule has 2 saturated heterocycles. The van der Waals surface area contributed by atoms with E-state index in [0.29, 0.717) is 24.1 Å². The Morgan fingerprint density at radius 2 is 2.06 bits per heavy atom. The Hall–Kier alpha value is -2.98. The topological polar surface area (TPSA) is 99.6 Å². The minimum absolute atomic E-state index is 0.371. The zero-order valence-electron chi connectivity index (χ0n) is 19.0. The highest BCUT2D eigenvalue weighted by Gasteiger charge is 2.38. The summed E-state index contributed by atoms with van der Waals surface area (Å²) in [5, 5.41) is 17.4. The summed E-state index contributed by atoms with van der Waals surface area (Å²) >= 11 is 1.64. The highest BCUT2D eigenvalue weighted by molar-refractivity contribution is 7.16. The summed E-state index contributed by atoms with van der Waals surface area (Å²) in [7, 11) is 2.08. The molecule has 9 nitrogen and oxygen atoms in total. The van der Waals surface area contributed by atoms with Crippen LogP contribution in [0.2, 0.25) is 0 Å². The summed E-state index contributed by atoms with van der Waals surface area (Å²) in [5.41, 5.74) is 1.01. The maximum atomic E-state index is 4.85. The van der Waals surface area contributed by atoms with Gasteiger partial charge in [-0.15, -0.1) is 11.3 Å². The smallest absolute Gasteiger partial charge is 0.226 e. The molecular weight excluding hydrogens is 434 g/mol. The van der Waals surface area contributed by atoms with Crippen molar-refractivity contribution < 1.29 is 0 Å². The molecule has 3 atom stereocenters. The van der Waals surface area contributed by atoms with E-state index in [-0.39, 0.29) is 0 Å². The van der Waals surface area contributed by atoms with Crippen LogP contribution in [0.4, 0.5) is 17.6 Å². The molecular formula is C23H29N9S. The Morgan fingerprint density at radius 3 is 2.79 bits per heavy atom. The molecule has 4 aromatic rings. The van der Waals surface area contributed by atoms with Gasteiger partial charge >= 0.3 is 0 Å². The highest BCUT2D eigenvalue weighted by atomic mass is 32.1. The van der Waals surface area contributed by atoms with Gasteiger partial charge in [-0.2, -0.15) is 10.1 Å². The predicted octanol–water partition coefficient (Wildman–Crippen LogP) is 4.20. The minimum Gasteiger partial charge on any atom is -0.351 e. The van der Waals surface area contributed by atoms with Crippen molar-refractivity contribution in [1.29, 1.82) is 0 Å². The Bertz CT molecular complexity index is 1240. The second kappa shape index (κ2) is 8.42. The lowest BCUT2D eigenvalue weighted by molar-refractivity contribution is 0.0249. The molecule has 0 saturated carbocycles.